The number of hydrogen-bond acceptors (Lipinski definition) is 4. The Kier molecular flexibility index (Phi) is 11.6. The van der Waals surface area contributed by atoms with Crippen LogP contribution in [0.15, 0.2) is 109 Å². The maximum atomic E-state index is 12.5. The second-order valence-corrected chi connectivity index (χ2v) is 10.2. The average Bonchev–Trinajstić information content (AvgIpc) is 3.00. The van der Waals surface area contributed by atoms with E-state index in [9.17, 15) is 19.2 Å². The van der Waals surface area contributed by atoms with Crippen molar-refractivity contribution in [2.45, 2.75) is 44.9 Å². The van der Waals surface area contributed by atoms with E-state index in [0.29, 0.717) is 54.9 Å². The third-order valence-corrected chi connectivity index (χ3v) is 6.63. The van der Waals surface area contributed by atoms with Crippen LogP contribution in [0.2, 0.25) is 0 Å². The van der Waals surface area contributed by atoms with Gasteiger partial charge in [-0.1, -0.05) is 72.8 Å². The zero-order valence-electron chi connectivity index (χ0n) is 24.0. The Bertz CT molecular complexity index is 1410. The molecule has 0 fully saturated rings. The van der Waals surface area contributed by atoms with E-state index >= 15 is 0 Å². The first-order valence-electron chi connectivity index (χ1n) is 14.4. The molecule has 43 heavy (non-hydrogen) atoms. The molecule has 0 aliphatic heterocycles. The molecule has 0 saturated carbocycles. The van der Waals surface area contributed by atoms with Crippen LogP contribution in [0.5, 0.6) is 0 Å². The molecule has 4 N–H and O–H groups in total. The van der Waals surface area contributed by atoms with Crippen molar-refractivity contribution in [3.63, 3.8) is 0 Å². The number of anilines is 4. The molecule has 4 rings (SSSR count). The maximum Gasteiger partial charge on any atom is 0.224 e. The fourth-order valence-corrected chi connectivity index (χ4v) is 4.46. The summed E-state index contributed by atoms with van der Waals surface area (Å²) in [5, 5.41) is 11.4. The zero-order valence-corrected chi connectivity index (χ0v) is 24.0. The standard InChI is InChI=1S/C35H36N4O4/c40-32(36-28-14-7-16-30(24-28)38-34(42)22-20-26-10-3-1-4-11-26)18-9-19-33(41)37-29-15-8-17-31(25-29)39-35(43)23-21-27-12-5-2-6-13-27/h1-8,10-17,24-25H,9,18-23H2,(H,36,40)(H,37,41)(H,38,42)(H,39,43). The van der Waals surface area contributed by atoms with Crippen LogP contribution in [0.4, 0.5) is 22.7 Å². The topological polar surface area (TPSA) is 116 Å². The van der Waals surface area contributed by atoms with Gasteiger partial charge in [0.05, 0.1) is 0 Å². The first-order valence-corrected chi connectivity index (χ1v) is 14.4. The Morgan fingerprint density at radius 2 is 0.721 bits per heavy atom. The van der Waals surface area contributed by atoms with Crippen molar-refractivity contribution in [1.29, 1.82) is 0 Å². The van der Waals surface area contributed by atoms with Crippen LogP contribution in [0.3, 0.4) is 0 Å². The minimum Gasteiger partial charge on any atom is -0.326 e. The number of hydrogen-bond donors (Lipinski definition) is 4. The Balaban J connectivity index is 1.15. The minimum atomic E-state index is -0.222. The normalized spacial score (nSPS) is 10.4. The molecule has 0 atom stereocenters. The monoisotopic (exact) mass is 576 g/mol. The van der Waals surface area contributed by atoms with Crippen molar-refractivity contribution in [3.05, 3.63) is 120 Å². The first-order chi connectivity index (χ1) is 20.9. The Hall–Kier alpha value is -5.24. The second kappa shape index (κ2) is 16.3. The van der Waals surface area contributed by atoms with Crippen LogP contribution in [0.25, 0.3) is 0 Å². The SMILES string of the molecule is O=C(CCCC(=O)Nc1cccc(NC(=O)CCc2ccccc2)c1)Nc1cccc(NC(=O)CCc2ccccc2)c1. The molecule has 220 valence electrons. The lowest BCUT2D eigenvalue weighted by molar-refractivity contribution is -0.118. The summed E-state index contributed by atoms with van der Waals surface area (Å²) in [7, 11) is 0. The summed E-state index contributed by atoms with van der Waals surface area (Å²) in [4.78, 5) is 49.6. The number of benzene rings is 4. The number of aryl methyl sites for hydroxylation is 2. The van der Waals surface area contributed by atoms with E-state index in [1.807, 2.05) is 60.7 Å². The molecule has 4 aromatic rings. The lowest BCUT2D eigenvalue weighted by Gasteiger charge is -2.10. The van der Waals surface area contributed by atoms with Gasteiger partial charge in [-0.15, -0.1) is 0 Å². The van der Waals surface area contributed by atoms with Crippen LogP contribution in [-0.4, -0.2) is 23.6 Å². The Labute approximate surface area is 251 Å². The zero-order chi connectivity index (χ0) is 30.3. The third kappa shape index (κ3) is 11.3. The number of carbonyl (C=O) groups excluding carboxylic acids is 4. The summed E-state index contributed by atoms with van der Waals surface area (Å²) in [6.07, 6.45) is 2.70. The molecule has 0 saturated heterocycles. The van der Waals surface area contributed by atoms with E-state index < -0.39 is 0 Å². The average molecular weight is 577 g/mol. The number of nitrogens with one attached hydrogen (secondary N) is 4. The van der Waals surface area contributed by atoms with Crippen LogP contribution in [-0.2, 0) is 32.0 Å². The molecule has 4 amide bonds. The van der Waals surface area contributed by atoms with Gasteiger partial charge in [-0.25, -0.2) is 0 Å². The van der Waals surface area contributed by atoms with Crippen LogP contribution < -0.4 is 21.3 Å². The predicted molar refractivity (Wildman–Crippen MR) is 171 cm³/mol. The van der Waals surface area contributed by atoms with E-state index in [1.54, 1.807) is 48.5 Å². The lowest BCUT2D eigenvalue weighted by atomic mass is 10.1. The number of amides is 4. The van der Waals surface area contributed by atoms with E-state index in [4.69, 9.17) is 0 Å². The fourth-order valence-electron chi connectivity index (χ4n) is 4.46. The second-order valence-electron chi connectivity index (χ2n) is 10.2. The Morgan fingerprint density at radius 1 is 0.395 bits per heavy atom. The molecule has 0 unspecified atom stereocenters. The van der Waals surface area contributed by atoms with Crippen molar-refractivity contribution < 1.29 is 19.2 Å². The lowest BCUT2D eigenvalue weighted by Crippen LogP contribution is -2.16. The largest absolute Gasteiger partial charge is 0.326 e. The smallest absolute Gasteiger partial charge is 0.224 e. The van der Waals surface area contributed by atoms with Gasteiger partial charge >= 0.3 is 0 Å². The van der Waals surface area contributed by atoms with Gasteiger partial charge in [-0.2, -0.15) is 0 Å². The highest BCUT2D eigenvalue weighted by molar-refractivity contribution is 5.96. The molecule has 0 aliphatic rings. The van der Waals surface area contributed by atoms with Gasteiger partial charge in [0.2, 0.25) is 23.6 Å². The van der Waals surface area contributed by atoms with Gasteiger partial charge in [0, 0.05) is 48.4 Å². The molecule has 0 bridgehead atoms. The molecule has 4 aromatic carbocycles. The Morgan fingerprint density at radius 3 is 1.07 bits per heavy atom. The van der Waals surface area contributed by atoms with E-state index in [1.165, 1.54) is 0 Å². The summed E-state index contributed by atoms with van der Waals surface area (Å²) in [5.74, 6) is -0.648. The summed E-state index contributed by atoms with van der Waals surface area (Å²) in [6, 6.07) is 33.6. The van der Waals surface area contributed by atoms with Gasteiger partial charge in [0.1, 0.15) is 0 Å². The highest BCUT2D eigenvalue weighted by Gasteiger charge is 2.09. The molecular weight excluding hydrogens is 540 g/mol. The van der Waals surface area contributed by atoms with Crippen molar-refractivity contribution in [1.82, 2.24) is 0 Å². The van der Waals surface area contributed by atoms with E-state index in [2.05, 4.69) is 21.3 Å². The highest BCUT2D eigenvalue weighted by atomic mass is 16.2. The van der Waals surface area contributed by atoms with Crippen LogP contribution in [0.1, 0.15) is 43.2 Å². The van der Waals surface area contributed by atoms with Crippen molar-refractivity contribution in [2.75, 3.05) is 21.3 Å². The molecule has 8 heteroatoms. The van der Waals surface area contributed by atoms with Crippen molar-refractivity contribution in [3.8, 4) is 0 Å². The van der Waals surface area contributed by atoms with E-state index in [-0.39, 0.29) is 36.5 Å². The quantitative estimate of drug-likeness (QED) is 0.136. The van der Waals surface area contributed by atoms with Crippen LogP contribution in [0, 0.1) is 0 Å². The van der Waals surface area contributed by atoms with Gasteiger partial charge in [-0.3, -0.25) is 19.2 Å². The third-order valence-electron chi connectivity index (χ3n) is 6.63. The highest BCUT2D eigenvalue weighted by Crippen LogP contribution is 2.18. The summed E-state index contributed by atoms with van der Waals surface area (Å²) < 4.78 is 0. The number of rotatable bonds is 14. The van der Waals surface area contributed by atoms with Crippen LogP contribution >= 0.6 is 0 Å². The van der Waals surface area contributed by atoms with Gasteiger partial charge in [0.25, 0.3) is 0 Å². The molecular formula is C35H36N4O4. The maximum absolute atomic E-state index is 12.5. The molecule has 0 spiro atoms. The summed E-state index contributed by atoms with van der Waals surface area (Å²) in [6.45, 7) is 0. The molecule has 0 heterocycles. The molecule has 0 aromatic heterocycles. The minimum absolute atomic E-state index is 0.102. The number of carbonyl (C=O) groups is 4. The van der Waals surface area contributed by atoms with Gasteiger partial charge in [0.15, 0.2) is 0 Å². The predicted octanol–water partition coefficient (Wildman–Crippen LogP) is 6.58. The summed E-state index contributed by atoms with van der Waals surface area (Å²) >= 11 is 0. The molecule has 0 aliphatic carbocycles. The van der Waals surface area contributed by atoms with Crippen molar-refractivity contribution in [2.24, 2.45) is 0 Å². The molecule has 0 radical (unpaired) electrons. The molecule has 8 nitrogen and oxygen atoms in total. The van der Waals surface area contributed by atoms with E-state index in [0.717, 1.165) is 11.1 Å². The summed E-state index contributed by atoms with van der Waals surface area (Å²) in [5.41, 5.74) is 4.53. The van der Waals surface area contributed by atoms with Crippen molar-refractivity contribution >= 4 is 46.4 Å². The fraction of sp³-hybridized carbons (Fsp3) is 0.200. The first kappa shape index (κ1) is 30.7. The van der Waals surface area contributed by atoms with Gasteiger partial charge < -0.3 is 21.3 Å². The van der Waals surface area contributed by atoms with Gasteiger partial charge in [-0.05, 0) is 66.8 Å².